The first-order chi connectivity index (χ1) is 8.18. The molecule has 3 heteroatoms. The summed E-state index contributed by atoms with van der Waals surface area (Å²) in [4.78, 5) is 2.91. The summed E-state index contributed by atoms with van der Waals surface area (Å²) in [5.41, 5.74) is 1.34. The van der Waals surface area contributed by atoms with Crippen LogP contribution in [0.25, 0.3) is 0 Å². The fraction of sp³-hybridized carbons (Fsp3) is 0.571. The summed E-state index contributed by atoms with van der Waals surface area (Å²) < 4.78 is 0. The van der Waals surface area contributed by atoms with Crippen molar-refractivity contribution in [2.24, 2.45) is 5.92 Å². The summed E-state index contributed by atoms with van der Waals surface area (Å²) in [5, 5.41) is 10.1. The SMILES string of the molecule is CC(c1ccccc1)N1C[C@H]2C[C@H](O)[C@@H]1[C@@H]2Br. The maximum Gasteiger partial charge on any atom is 0.0710 e. The first-order valence-corrected chi connectivity index (χ1v) is 7.23. The molecule has 0 radical (unpaired) electrons. The van der Waals surface area contributed by atoms with Gasteiger partial charge in [0, 0.05) is 23.5 Å². The Labute approximate surface area is 111 Å². The molecule has 1 saturated heterocycles. The van der Waals surface area contributed by atoms with Crippen molar-refractivity contribution >= 4 is 15.9 Å². The molecule has 2 nitrogen and oxygen atoms in total. The molecule has 3 rings (SSSR count). The lowest BCUT2D eigenvalue weighted by atomic mass is 10.0. The van der Waals surface area contributed by atoms with E-state index in [1.807, 2.05) is 0 Å². The third-order valence-corrected chi connectivity index (χ3v) is 5.61. The fourth-order valence-corrected chi connectivity index (χ4v) is 4.42. The number of hydrogen-bond donors (Lipinski definition) is 1. The molecular weight excluding hydrogens is 278 g/mol. The van der Waals surface area contributed by atoms with E-state index in [0.29, 0.717) is 16.8 Å². The van der Waals surface area contributed by atoms with E-state index in [4.69, 9.17) is 0 Å². The molecule has 1 aliphatic carbocycles. The van der Waals surface area contributed by atoms with E-state index in [-0.39, 0.29) is 12.1 Å². The first kappa shape index (κ1) is 11.7. The smallest absolute Gasteiger partial charge is 0.0710 e. The molecule has 92 valence electrons. The van der Waals surface area contributed by atoms with E-state index < -0.39 is 0 Å². The van der Waals surface area contributed by atoms with Gasteiger partial charge in [0.1, 0.15) is 0 Å². The molecule has 1 N–H and O–H groups in total. The third-order valence-electron chi connectivity index (χ3n) is 4.32. The van der Waals surface area contributed by atoms with E-state index in [2.05, 4.69) is 58.1 Å². The van der Waals surface area contributed by atoms with Crippen LogP contribution < -0.4 is 0 Å². The van der Waals surface area contributed by atoms with Crippen molar-refractivity contribution in [1.29, 1.82) is 0 Å². The lowest BCUT2D eigenvalue weighted by molar-refractivity contribution is 0.0368. The molecule has 1 saturated carbocycles. The van der Waals surface area contributed by atoms with Gasteiger partial charge in [0.15, 0.2) is 0 Å². The number of halogens is 1. The molecule has 1 aromatic rings. The van der Waals surface area contributed by atoms with Crippen LogP contribution in [-0.2, 0) is 0 Å². The number of rotatable bonds is 2. The Hall–Kier alpha value is -0.380. The highest BCUT2D eigenvalue weighted by Crippen LogP contribution is 2.45. The van der Waals surface area contributed by atoms with Gasteiger partial charge in [0.05, 0.1) is 6.10 Å². The summed E-state index contributed by atoms with van der Waals surface area (Å²) >= 11 is 3.75. The minimum absolute atomic E-state index is 0.163. The van der Waals surface area contributed by atoms with Crippen LogP contribution in [0, 0.1) is 5.92 Å². The lowest BCUT2D eigenvalue weighted by Gasteiger charge is -2.35. The second-order valence-electron chi connectivity index (χ2n) is 5.28. The van der Waals surface area contributed by atoms with Crippen molar-refractivity contribution < 1.29 is 5.11 Å². The minimum atomic E-state index is -0.163. The summed E-state index contributed by atoms with van der Waals surface area (Å²) in [6.45, 7) is 3.34. The van der Waals surface area contributed by atoms with Crippen molar-refractivity contribution in [2.75, 3.05) is 6.54 Å². The Bertz CT molecular complexity index is 396. The van der Waals surface area contributed by atoms with Gasteiger partial charge in [-0.2, -0.15) is 0 Å². The first-order valence-electron chi connectivity index (χ1n) is 6.31. The molecular formula is C14H18BrNO. The molecule has 0 amide bonds. The fourth-order valence-electron chi connectivity index (χ4n) is 3.38. The number of aliphatic hydroxyl groups excluding tert-OH is 1. The van der Waals surface area contributed by atoms with Crippen LogP contribution in [0.4, 0.5) is 0 Å². The Morgan fingerprint density at radius 2 is 2.06 bits per heavy atom. The largest absolute Gasteiger partial charge is 0.391 e. The zero-order chi connectivity index (χ0) is 12.0. The van der Waals surface area contributed by atoms with Crippen LogP contribution >= 0.6 is 15.9 Å². The van der Waals surface area contributed by atoms with E-state index in [1.165, 1.54) is 5.56 Å². The van der Waals surface area contributed by atoms with Gasteiger partial charge in [0.25, 0.3) is 0 Å². The molecule has 0 aromatic heterocycles. The van der Waals surface area contributed by atoms with Crippen molar-refractivity contribution in [3.05, 3.63) is 35.9 Å². The zero-order valence-electron chi connectivity index (χ0n) is 9.96. The molecule has 2 fully saturated rings. The van der Waals surface area contributed by atoms with Crippen LogP contribution in [0.5, 0.6) is 0 Å². The monoisotopic (exact) mass is 295 g/mol. The average molecular weight is 296 g/mol. The van der Waals surface area contributed by atoms with Gasteiger partial charge < -0.3 is 5.11 Å². The molecule has 5 atom stereocenters. The topological polar surface area (TPSA) is 23.5 Å². The standard InChI is InChI=1S/C14H18BrNO/c1-9(10-5-3-2-4-6-10)16-8-11-7-12(17)14(16)13(11)15/h2-6,9,11-14,17H,7-8H2,1H3/t9?,11-,12+,13-,14-/m1/s1. The Morgan fingerprint density at radius 3 is 2.65 bits per heavy atom. The van der Waals surface area contributed by atoms with Gasteiger partial charge in [-0.3, -0.25) is 4.90 Å². The van der Waals surface area contributed by atoms with E-state index in [1.54, 1.807) is 0 Å². The molecule has 17 heavy (non-hydrogen) atoms. The number of hydrogen-bond acceptors (Lipinski definition) is 2. The van der Waals surface area contributed by atoms with Crippen LogP contribution in [0.15, 0.2) is 30.3 Å². The van der Waals surface area contributed by atoms with Gasteiger partial charge in [-0.05, 0) is 24.8 Å². The van der Waals surface area contributed by atoms with Crippen molar-refractivity contribution in [3.63, 3.8) is 0 Å². The van der Waals surface area contributed by atoms with E-state index in [9.17, 15) is 5.11 Å². The normalized spacial score (nSPS) is 38.5. The van der Waals surface area contributed by atoms with Crippen molar-refractivity contribution in [1.82, 2.24) is 4.90 Å². The summed E-state index contributed by atoms with van der Waals surface area (Å²) in [7, 11) is 0. The minimum Gasteiger partial charge on any atom is -0.391 e. The number of piperidine rings is 1. The number of aliphatic hydroxyl groups is 1. The van der Waals surface area contributed by atoms with Gasteiger partial charge >= 0.3 is 0 Å². The highest BCUT2D eigenvalue weighted by atomic mass is 79.9. The zero-order valence-corrected chi connectivity index (χ0v) is 11.5. The van der Waals surface area contributed by atoms with E-state index >= 15 is 0 Å². The molecule has 1 unspecified atom stereocenters. The van der Waals surface area contributed by atoms with Gasteiger partial charge in [-0.25, -0.2) is 0 Å². The molecule has 0 spiro atoms. The number of nitrogens with zero attached hydrogens (tertiary/aromatic N) is 1. The average Bonchev–Trinajstić information content (AvgIpc) is 2.81. The van der Waals surface area contributed by atoms with Gasteiger partial charge in [-0.1, -0.05) is 46.3 Å². The maximum atomic E-state index is 10.1. The van der Waals surface area contributed by atoms with Crippen molar-refractivity contribution in [2.45, 2.75) is 36.4 Å². The van der Waals surface area contributed by atoms with Gasteiger partial charge in [0.2, 0.25) is 0 Å². The molecule has 1 aromatic carbocycles. The van der Waals surface area contributed by atoms with Gasteiger partial charge in [-0.15, -0.1) is 0 Å². The number of likely N-dealkylation sites (tertiary alicyclic amines) is 1. The van der Waals surface area contributed by atoms with Crippen LogP contribution in [-0.4, -0.2) is 33.5 Å². The highest BCUT2D eigenvalue weighted by molar-refractivity contribution is 9.09. The van der Waals surface area contributed by atoms with Crippen LogP contribution in [0.2, 0.25) is 0 Å². The quantitative estimate of drug-likeness (QED) is 0.848. The second-order valence-corrected chi connectivity index (χ2v) is 6.34. The van der Waals surface area contributed by atoms with Crippen molar-refractivity contribution in [3.8, 4) is 0 Å². The second kappa shape index (κ2) is 4.38. The molecule has 1 aliphatic heterocycles. The highest BCUT2D eigenvalue weighted by Gasteiger charge is 2.52. The molecule has 2 aliphatic rings. The lowest BCUT2D eigenvalue weighted by Crippen LogP contribution is -2.43. The summed E-state index contributed by atoms with van der Waals surface area (Å²) in [6, 6.07) is 11.2. The third kappa shape index (κ3) is 1.85. The summed E-state index contributed by atoms with van der Waals surface area (Å²) in [5.74, 6) is 0.612. The molecule has 1 heterocycles. The Balaban J connectivity index is 1.82. The number of benzene rings is 1. The maximum absolute atomic E-state index is 10.1. The predicted molar refractivity (Wildman–Crippen MR) is 72.2 cm³/mol. The number of fused-ring (bicyclic) bond motifs is 2. The van der Waals surface area contributed by atoms with Crippen LogP contribution in [0.3, 0.4) is 0 Å². The van der Waals surface area contributed by atoms with Crippen LogP contribution in [0.1, 0.15) is 24.9 Å². The number of alkyl halides is 1. The predicted octanol–water partition coefficient (Wildman–Crippen LogP) is 2.58. The molecule has 2 bridgehead atoms. The summed E-state index contributed by atoms with van der Waals surface area (Å²) in [6.07, 6.45) is 0.794. The Kier molecular flexibility index (Phi) is 3.01. The van der Waals surface area contributed by atoms with E-state index in [0.717, 1.165) is 13.0 Å². The Morgan fingerprint density at radius 1 is 1.35 bits per heavy atom.